The molecule has 3 N–H and O–H groups in total. The van der Waals surface area contributed by atoms with E-state index >= 15 is 0 Å². The second-order valence-electron chi connectivity index (χ2n) is 4.79. The first-order valence-corrected chi connectivity index (χ1v) is 7.19. The van der Waals surface area contributed by atoms with E-state index in [2.05, 4.69) is 15.6 Å². The Hall–Kier alpha value is -2.48. The molecule has 1 amide bonds. The molecule has 0 atom stereocenters. The van der Waals surface area contributed by atoms with Crippen molar-refractivity contribution in [1.82, 2.24) is 4.98 Å². The molecule has 1 aromatic carbocycles. The second-order valence-corrected chi connectivity index (χ2v) is 5.20. The van der Waals surface area contributed by atoms with Gasteiger partial charge in [0.25, 0.3) is 0 Å². The minimum atomic E-state index is -4.52. The van der Waals surface area contributed by atoms with Gasteiger partial charge in [-0.25, -0.2) is 4.98 Å². The van der Waals surface area contributed by atoms with E-state index in [0.717, 1.165) is 6.07 Å². The Morgan fingerprint density at radius 3 is 2.62 bits per heavy atom. The number of phenols is 1. The molecule has 128 valence electrons. The van der Waals surface area contributed by atoms with Crippen LogP contribution in [0, 0.1) is 0 Å². The Bertz CT molecular complexity index is 738. The number of pyridine rings is 1. The van der Waals surface area contributed by atoms with Gasteiger partial charge in [-0.3, -0.25) is 4.79 Å². The molecular weight excluding hydrogens is 347 g/mol. The fourth-order valence-corrected chi connectivity index (χ4v) is 2.04. The lowest BCUT2D eigenvalue weighted by Gasteiger charge is -2.11. The topological polar surface area (TPSA) is 74.2 Å². The van der Waals surface area contributed by atoms with E-state index in [1.807, 2.05) is 0 Å². The molecule has 5 nitrogen and oxygen atoms in total. The molecule has 1 heterocycles. The van der Waals surface area contributed by atoms with Crippen LogP contribution in [0.1, 0.15) is 12.0 Å². The number of alkyl halides is 3. The zero-order valence-electron chi connectivity index (χ0n) is 12.2. The van der Waals surface area contributed by atoms with Crippen LogP contribution in [0.2, 0.25) is 5.02 Å². The van der Waals surface area contributed by atoms with Gasteiger partial charge in [0.2, 0.25) is 5.91 Å². The van der Waals surface area contributed by atoms with Crippen LogP contribution in [-0.2, 0) is 11.0 Å². The van der Waals surface area contributed by atoms with E-state index in [1.165, 1.54) is 12.1 Å². The highest BCUT2D eigenvalue weighted by Crippen LogP contribution is 2.32. The maximum Gasteiger partial charge on any atom is 0.417 e. The third-order valence-electron chi connectivity index (χ3n) is 2.99. The summed E-state index contributed by atoms with van der Waals surface area (Å²) in [6.45, 7) is 0.109. The van der Waals surface area contributed by atoms with E-state index in [9.17, 15) is 23.1 Å². The fraction of sp³-hybridized carbons (Fsp3) is 0.200. The minimum absolute atomic E-state index is 0.00731. The van der Waals surface area contributed by atoms with Crippen molar-refractivity contribution in [3.63, 3.8) is 0 Å². The first kappa shape index (κ1) is 17.9. The van der Waals surface area contributed by atoms with Gasteiger partial charge >= 0.3 is 6.18 Å². The van der Waals surface area contributed by atoms with Crippen LogP contribution < -0.4 is 10.6 Å². The number of rotatable bonds is 5. The van der Waals surface area contributed by atoms with Crippen LogP contribution in [-0.4, -0.2) is 22.5 Å². The van der Waals surface area contributed by atoms with E-state index in [0.29, 0.717) is 6.20 Å². The summed E-state index contributed by atoms with van der Waals surface area (Å²) < 4.78 is 37.5. The predicted molar refractivity (Wildman–Crippen MR) is 84.1 cm³/mol. The van der Waals surface area contributed by atoms with Crippen molar-refractivity contribution in [2.24, 2.45) is 0 Å². The quantitative estimate of drug-likeness (QED) is 0.708. The number of carbonyl (C=O) groups is 1. The third-order valence-corrected chi connectivity index (χ3v) is 3.28. The van der Waals surface area contributed by atoms with Crippen molar-refractivity contribution in [3.8, 4) is 5.75 Å². The van der Waals surface area contributed by atoms with Crippen LogP contribution in [0.15, 0.2) is 36.5 Å². The largest absolute Gasteiger partial charge is 0.506 e. The smallest absolute Gasteiger partial charge is 0.417 e. The molecule has 0 aliphatic heterocycles. The zero-order valence-corrected chi connectivity index (χ0v) is 12.9. The SMILES string of the molecule is O=C(CCNc1ncc(C(F)(F)F)cc1Cl)Nc1ccccc1O. The third kappa shape index (κ3) is 4.76. The average Bonchev–Trinajstić information content (AvgIpc) is 2.50. The molecule has 0 radical (unpaired) electrons. The Kier molecular flexibility index (Phi) is 5.50. The van der Waals surface area contributed by atoms with Crippen LogP contribution in [0.3, 0.4) is 0 Å². The summed E-state index contributed by atoms with van der Waals surface area (Å²) in [5.41, 5.74) is -0.677. The summed E-state index contributed by atoms with van der Waals surface area (Å²) in [6.07, 6.45) is -3.85. The number of anilines is 2. The van der Waals surface area contributed by atoms with Gasteiger partial charge in [-0.05, 0) is 18.2 Å². The molecule has 9 heteroatoms. The molecule has 0 spiro atoms. The molecular formula is C15H13ClF3N3O2. The maximum absolute atomic E-state index is 12.5. The number of para-hydroxylation sites is 2. The molecule has 0 bridgehead atoms. The molecule has 0 aliphatic carbocycles. The number of phenolic OH excluding ortho intramolecular Hbond substituents is 1. The molecule has 0 unspecified atom stereocenters. The summed E-state index contributed by atoms with van der Waals surface area (Å²) in [5, 5.41) is 14.6. The lowest BCUT2D eigenvalue weighted by molar-refractivity contribution is -0.137. The van der Waals surface area contributed by atoms with Crippen molar-refractivity contribution in [3.05, 3.63) is 47.1 Å². The monoisotopic (exact) mass is 359 g/mol. The molecule has 2 aromatic rings. The molecule has 0 saturated heterocycles. The standard InChI is InChI=1S/C15H13ClF3N3O2/c16-10-7-9(15(17,18)19)8-21-14(10)20-6-5-13(24)22-11-3-1-2-4-12(11)23/h1-4,7-8,23H,5-6H2,(H,20,21)(H,22,24). The second kappa shape index (κ2) is 7.39. The molecule has 0 aliphatic rings. The predicted octanol–water partition coefficient (Wildman–Crippen LogP) is 3.90. The number of nitrogens with zero attached hydrogens (tertiary/aromatic N) is 1. The molecule has 24 heavy (non-hydrogen) atoms. The Balaban J connectivity index is 1.88. The highest BCUT2D eigenvalue weighted by molar-refractivity contribution is 6.33. The highest BCUT2D eigenvalue weighted by atomic mass is 35.5. The van der Waals surface area contributed by atoms with Gasteiger partial charge in [0, 0.05) is 19.2 Å². The Morgan fingerprint density at radius 2 is 2.00 bits per heavy atom. The average molecular weight is 360 g/mol. The normalized spacial score (nSPS) is 11.2. The summed E-state index contributed by atoms with van der Waals surface area (Å²) in [5.74, 6) is -0.390. The number of carbonyl (C=O) groups excluding carboxylic acids is 1. The van der Waals surface area contributed by atoms with Crippen LogP contribution >= 0.6 is 11.6 Å². The highest BCUT2D eigenvalue weighted by Gasteiger charge is 2.31. The Labute approximate surface area is 140 Å². The number of hydrogen-bond acceptors (Lipinski definition) is 4. The van der Waals surface area contributed by atoms with Gasteiger partial charge in [0.1, 0.15) is 11.6 Å². The Morgan fingerprint density at radius 1 is 1.29 bits per heavy atom. The lowest BCUT2D eigenvalue weighted by atomic mass is 10.2. The van der Waals surface area contributed by atoms with Crippen LogP contribution in [0.5, 0.6) is 5.75 Å². The minimum Gasteiger partial charge on any atom is -0.506 e. The maximum atomic E-state index is 12.5. The van der Waals surface area contributed by atoms with Crippen molar-refractivity contribution < 1.29 is 23.1 Å². The number of hydrogen-bond donors (Lipinski definition) is 3. The molecule has 1 aromatic heterocycles. The fourth-order valence-electron chi connectivity index (χ4n) is 1.81. The number of aromatic nitrogens is 1. The van der Waals surface area contributed by atoms with E-state index in [-0.39, 0.29) is 41.2 Å². The lowest BCUT2D eigenvalue weighted by Crippen LogP contribution is -2.17. The van der Waals surface area contributed by atoms with Gasteiger partial charge in [0.15, 0.2) is 0 Å². The van der Waals surface area contributed by atoms with E-state index < -0.39 is 11.7 Å². The number of nitrogens with one attached hydrogen (secondary N) is 2. The van der Waals surface area contributed by atoms with Crippen LogP contribution in [0.4, 0.5) is 24.7 Å². The van der Waals surface area contributed by atoms with E-state index in [1.54, 1.807) is 12.1 Å². The molecule has 0 fully saturated rings. The van der Waals surface area contributed by atoms with Crippen molar-refractivity contribution in [1.29, 1.82) is 0 Å². The zero-order chi connectivity index (χ0) is 17.7. The van der Waals surface area contributed by atoms with Gasteiger partial charge in [0.05, 0.1) is 16.3 Å². The number of amides is 1. The van der Waals surface area contributed by atoms with Crippen molar-refractivity contribution in [2.45, 2.75) is 12.6 Å². The van der Waals surface area contributed by atoms with E-state index in [4.69, 9.17) is 11.6 Å². The first-order chi connectivity index (χ1) is 11.3. The van der Waals surface area contributed by atoms with Crippen molar-refractivity contribution in [2.75, 3.05) is 17.2 Å². The number of benzene rings is 1. The summed E-state index contributed by atoms with van der Waals surface area (Å²) in [7, 11) is 0. The summed E-state index contributed by atoms with van der Waals surface area (Å²) in [6, 6.07) is 7.00. The van der Waals surface area contributed by atoms with Gasteiger partial charge in [-0.2, -0.15) is 13.2 Å². The summed E-state index contributed by atoms with van der Waals surface area (Å²) >= 11 is 5.74. The molecule has 2 rings (SSSR count). The number of halogens is 4. The first-order valence-electron chi connectivity index (χ1n) is 6.82. The van der Waals surface area contributed by atoms with Gasteiger partial charge < -0.3 is 15.7 Å². The van der Waals surface area contributed by atoms with Crippen LogP contribution in [0.25, 0.3) is 0 Å². The summed E-state index contributed by atoms with van der Waals surface area (Å²) in [4.78, 5) is 15.4. The van der Waals surface area contributed by atoms with Gasteiger partial charge in [-0.15, -0.1) is 0 Å². The van der Waals surface area contributed by atoms with Crippen molar-refractivity contribution >= 4 is 29.0 Å². The number of aromatic hydroxyl groups is 1. The van der Waals surface area contributed by atoms with Gasteiger partial charge in [-0.1, -0.05) is 23.7 Å². The molecule has 0 saturated carbocycles.